The molecule has 0 bridgehead atoms. The SMILES string of the molecule is COc1ccc(NC(=O)CC2CCCN2)cc1OCC(=O)NC1CC1. The van der Waals surface area contributed by atoms with Gasteiger partial charge in [0, 0.05) is 30.3 Å². The van der Waals surface area contributed by atoms with E-state index in [1.54, 1.807) is 18.2 Å². The van der Waals surface area contributed by atoms with E-state index in [9.17, 15) is 9.59 Å². The largest absolute Gasteiger partial charge is 0.493 e. The molecule has 1 aliphatic heterocycles. The van der Waals surface area contributed by atoms with E-state index in [2.05, 4.69) is 16.0 Å². The lowest BCUT2D eigenvalue weighted by Crippen LogP contribution is -2.30. The van der Waals surface area contributed by atoms with Crippen LogP contribution in [0.4, 0.5) is 5.69 Å². The molecule has 1 atom stereocenters. The van der Waals surface area contributed by atoms with Gasteiger partial charge in [0.2, 0.25) is 5.91 Å². The first kappa shape index (κ1) is 17.5. The molecule has 2 aliphatic rings. The van der Waals surface area contributed by atoms with Gasteiger partial charge < -0.3 is 25.4 Å². The summed E-state index contributed by atoms with van der Waals surface area (Å²) in [6, 6.07) is 5.71. The monoisotopic (exact) mass is 347 g/mol. The Morgan fingerprint density at radius 1 is 1.20 bits per heavy atom. The van der Waals surface area contributed by atoms with E-state index in [1.807, 2.05) is 0 Å². The van der Waals surface area contributed by atoms with E-state index in [1.165, 1.54) is 7.11 Å². The quantitative estimate of drug-likeness (QED) is 0.662. The summed E-state index contributed by atoms with van der Waals surface area (Å²) in [4.78, 5) is 23.9. The molecule has 1 heterocycles. The zero-order chi connectivity index (χ0) is 17.6. The molecule has 1 unspecified atom stereocenters. The van der Waals surface area contributed by atoms with Gasteiger partial charge in [0.1, 0.15) is 0 Å². The number of anilines is 1. The highest BCUT2D eigenvalue weighted by Crippen LogP contribution is 2.30. The number of methoxy groups -OCH3 is 1. The lowest BCUT2D eigenvalue weighted by Gasteiger charge is -2.14. The summed E-state index contributed by atoms with van der Waals surface area (Å²) in [5.74, 6) is 0.771. The maximum atomic E-state index is 12.1. The molecule has 7 nitrogen and oxygen atoms in total. The zero-order valence-corrected chi connectivity index (χ0v) is 14.5. The number of amides is 2. The fourth-order valence-electron chi connectivity index (χ4n) is 2.87. The summed E-state index contributed by atoms with van der Waals surface area (Å²) in [5, 5.41) is 9.05. The third-order valence-electron chi connectivity index (χ3n) is 4.34. The van der Waals surface area contributed by atoms with Crippen molar-refractivity contribution in [3.63, 3.8) is 0 Å². The van der Waals surface area contributed by atoms with Crippen molar-refractivity contribution in [3.8, 4) is 11.5 Å². The highest BCUT2D eigenvalue weighted by atomic mass is 16.5. The normalized spacial score (nSPS) is 19.3. The van der Waals surface area contributed by atoms with Crippen LogP contribution in [-0.2, 0) is 9.59 Å². The average molecular weight is 347 g/mol. The summed E-state index contributed by atoms with van der Waals surface area (Å²) < 4.78 is 10.8. The van der Waals surface area contributed by atoms with E-state index in [4.69, 9.17) is 9.47 Å². The Morgan fingerprint density at radius 3 is 2.72 bits per heavy atom. The van der Waals surface area contributed by atoms with Crippen LogP contribution in [0.2, 0.25) is 0 Å². The number of carbonyl (C=O) groups is 2. The van der Waals surface area contributed by atoms with Crippen LogP contribution >= 0.6 is 0 Å². The first-order valence-corrected chi connectivity index (χ1v) is 8.77. The van der Waals surface area contributed by atoms with Gasteiger partial charge in [0.05, 0.1) is 7.11 Å². The molecule has 1 aliphatic carbocycles. The van der Waals surface area contributed by atoms with Crippen LogP contribution in [-0.4, -0.2) is 44.2 Å². The number of hydrogen-bond donors (Lipinski definition) is 3. The standard InChI is InChI=1S/C18H25N3O4/c1-24-15-7-6-14(21-17(22)10-13-3-2-8-19-13)9-16(15)25-11-18(23)20-12-4-5-12/h6-7,9,12-13,19H,2-5,8,10-11H2,1H3,(H,20,23)(H,21,22). The molecule has 1 saturated heterocycles. The second-order valence-corrected chi connectivity index (χ2v) is 6.54. The van der Waals surface area contributed by atoms with Crippen molar-refractivity contribution < 1.29 is 19.1 Å². The first-order valence-electron chi connectivity index (χ1n) is 8.77. The number of ether oxygens (including phenoxy) is 2. The van der Waals surface area contributed by atoms with Crippen molar-refractivity contribution in [3.05, 3.63) is 18.2 Å². The minimum atomic E-state index is -0.147. The number of rotatable bonds is 8. The number of benzene rings is 1. The van der Waals surface area contributed by atoms with Gasteiger partial charge in [-0.05, 0) is 44.4 Å². The second-order valence-electron chi connectivity index (χ2n) is 6.54. The van der Waals surface area contributed by atoms with E-state index in [0.29, 0.717) is 29.6 Å². The van der Waals surface area contributed by atoms with Crippen LogP contribution in [0.3, 0.4) is 0 Å². The topological polar surface area (TPSA) is 88.7 Å². The van der Waals surface area contributed by atoms with Gasteiger partial charge in [0.25, 0.3) is 5.91 Å². The molecular weight excluding hydrogens is 322 g/mol. The maximum Gasteiger partial charge on any atom is 0.258 e. The van der Waals surface area contributed by atoms with Crippen LogP contribution in [0, 0.1) is 0 Å². The van der Waals surface area contributed by atoms with Crippen LogP contribution in [0.25, 0.3) is 0 Å². The Balaban J connectivity index is 1.56. The van der Waals surface area contributed by atoms with Gasteiger partial charge in [-0.3, -0.25) is 9.59 Å². The van der Waals surface area contributed by atoms with Crippen molar-refractivity contribution in [2.24, 2.45) is 0 Å². The first-order chi connectivity index (χ1) is 12.1. The Kier molecular flexibility index (Phi) is 5.75. The van der Waals surface area contributed by atoms with Crippen molar-refractivity contribution >= 4 is 17.5 Å². The number of nitrogens with one attached hydrogen (secondary N) is 3. The van der Waals surface area contributed by atoms with Crippen molar-refractivity contribution in [2.75, 3.05) is 25.6 Å². The lowest BCUT2D eigenvalue weighted by molar-refractivity contribution is -0.123. The average Bonchev–Trinajstić information content (AvgIpc) is 3.26. The Morgan fingerprint density at radius 2 is 2.04 bits per heavy atom. The molecule has 0 aromatic heterocycles. The number of hydrogen-bond acceptors (Lipinski definition) is 5. The molecule has 3 rings (SSSR count). The van der Waals surface area contributed by atoms with E-state index < -0.39 is 0 Å². The molecule has 2 amide bonds. The smallest absolute Gasteiger partial charge is 0.258 e. The summed E-state index contributed by atoms with van der Waals surface area (Å²) in [6.45, 7) is 0.900. The van der Waals surface area contributed by atoms with E-state index >= 15 is 0 Å². The van der Waals surface area contributed by atoms with Gasteiger partial charge in [-0.2, -0.15) is 0 Å². The molecule has 7 heteroatoms. The Hall–Kier alpha value is -2.28. The fraction of sp³-hybridized carbons (Fsp3) is 0.556. The summed E-state index contributed by atoms with van der Waals surface area (Å²) >= 11 is 0. The van der Waals surface area contributed by atoms with Gasteiger partial charge in [-0.1, -0.05) is 0 Å². The molecule has 2 fully saturated rings. The van der Waals surface area contributed by atoms with E-state index in [0.717, 1.165) is 32.2 Å². The minimum absolute atomic E-state index is 0.0398. The Bertz CT molecular complexity index is 625. The molecule has 1 aromatic carbocycles. The fourth-order valence-corrected chi connectivity index (χ4v) is 2.87. The van der Waals surface area contributed by atoms with Gasteiger partial charge in [-0.25, -0.2) is 0 Å². The molecule has 1 aromatic rings. The summed E-state index contributed by atoms with van der Waals surface area (Å²) in [7, 11) is 1.54. The highest BCUT2D eigenvalue weighted by Gasteiger charge is 2.23. The van der Waals surface area contributed by atoms with Gasteiger partial charge >= 0.3 is 0 Å². The molecule has 25 heavy (non-hydrogen) atoms. The van der Waals surface area contributed by atoms with Gasteiger partial charge in [-0.15, -0.1) is 0 Å². The van der Waals surface area contributed by atoms with Crippen molar-refractivity contribution in [1.29, 1.82) is 0 Å². The summed E-state index contributed by atoms with van der Waals surface area (Å²) in [5.41, 5.74) is 0.626. The lowest BCUT2D eigenvalue weighted by atomic mass is 10.1. The molecule has 1 saturated carbocycles. The zero-order valence-electron chi connectivity index (χ0n) is 14.5. The van der Waals surface area contributed by atoms with Crippen LogP contribution in [0.1, 0.15) is 32.1 Å². The minimum Gasteiger partial charge on any atom is -0.493 e. The predicted octanol–water partition coefficient (Wildman–Crippen LogP) is 1.43. The molecule has 136 valence electrons. The highest BCUT2D eigenvalue weighted by molar-refractivity contribution is 5.91. The predicted molar refractivity (Wildman–Crippen MR) is 93.9 cm³/mol. The number of carbonyl (C=O) groups excluding carboxylic acids is 2. The van der Waals surface area contributed by atoms with Crippen molar-refractivity contribution in [2.45, 2.75) is 44.2 Å². The second kappa shape index (κ2) is 8.20. The molecule has 0 radical (unpaired) electrons. The van der Waals surface area contributed by atoms with Crippen LogP contribution in [0.5, 0.6) is 11.5 Å². The molecule has 0 spiro atoms. The van der Waals surface area contributed by atoms with Crippen molar-refractivity contribution in [1.82, 2.24) is 10.6 Å². The van der Waals surface area contributed by atoms with E-state index in [-0.39, 0.29) is 24.5 Å². The van der Waals surface area contributed by atoms with Crippen LogP contribution in [0.15, 0.2) is 18.2 Å². The molecule has 3 N–H and O–H groups in total. The van der Waals surface area contributed by atoms with Crippen LogP contribution < -0.4 is 25.4 Å². The third-order valence-corrected chi connectivity index (χ3v) is 4.34. The maximum absolute atomic E-state index is 12.1. The van der Waals surface area contributed by atoms with Gasteiger partial charge in [0.15, 0.2) is 18.1 Å². The molecular formula is C18H25N3O4. The Labute approximate surface area is 147 Å². The summed E-state index contributed by atoms with van der Waals surface area (Å²) in [6.07, 6.45) is 4.66. The third kappa shape index (κ3) is 5.35.